The van der Waals surface area contributed by atoms with Gasteiger partial charge in [-0.15, -0.1) is 5.10 Å². The molecule has 0 amide bonds. The first kappa shape index (κ1) is 11.4. The van der Waals surface area contributed by atoms with Gasteiger partial charge in [0.2, 0.25) is 0 Å². The summed E-state index contributed by atoms with van der Waals surface area (Å²) in [5, 5.41) is 11.2. The van der Waals surface area contributed by atoms with Crippen molar-refractivity contribution < 1.29 is 0 Å². The molecule has 0 radical (unpaired) electrons. The molecule has 2 heterocycles. The van der Waals surface area contributed by atoms with Crippen LogP contribution in [0.3, 0.4) is 0 Å². The molecule has 3 rings (SSSR count). The number of nitrogens with one attached hydrogen (secondary N) is 1. The maximum atomic E-state index is 4.40. The van der Waals surface area contributed by atoms with Gasteiger partial charge in [-0.05, 0) is 19.3 Å². The van der Waals surface area contributed by atoms with E-state index in [1.807, 2.05) is 17.2 Å². The Hall–Kier alpha value is -1.69. The second-order valence-electron chi connectivity index (χ2n) is 4.78. The van der Waals surface area contributed by atoms with Crippen molar-refractivity contribution >= 4 is 0 Å². The molecule has 1 fully saturated rings. The fraction of sp³-hybridized carbons (Fsp3) is 0.583. The number of hydrogen-bond acceptors (Lipinski definition) is 4. The van der Waals surface area contributed by atoms with Crippen LogP contribution < -0.4 is 5.32 Å². The van der Waals surface area contributed by atoms with Crippen molar-refractivity contribution in [2.75, 3.05) is 0 Å². The molecular weight excluding hydrogens is 228 g/mol. The largest absolute Gasteiger partial charge is 0.337 e. The average molecular weight is 246 g/mol. The zero-order chi connectivity index (χ0) is 12.2. The van der Waals surface area contributed by atoms with Crippen molar-refractivity contribution in [1.29, 1.82) is 0 Å². The van der Waals surface area contributed by atoms with Gasteiger partial charge in [0, 0.05) is 38.1 Å². The molecular formula is C12H18N6. The molecule has 6 nitrogen and oxygen atoms in total. The Kier molecular flexibility index (Phi) is 3.36. The van der Waals surface area contributed by atoms with Crippen molar-refractivity contribution in [3.05, 3.63) is 30.6 Å². The number of rotatable bonds is 7. The van der Waals surface area contributed by atoms with Crippen LogP contribution in [0.2, 0.25) is 0 Å². The van der Waals surface area contributed by atoms with Gasteiger partial charge < -0.3 is 9.88 Å². The van der Waals surface area contributed by atoms with E-state index >= 15 is 0 Å². The van der Waals surface area contributed by atoms with Crippen LogP contribution in [0.25, 0.3) is 0 Å². The predicted octanol–water partition coefficient (Wildman–Crippen LogP) is 0.817. The van der Waals surface area contributed by atoms with Crippen LogP contribution in [0.1, 0.15) is 25.0 Å². The number of aryl methyl sites for hydroxylation is 2. The first-order chi connectivity index (χ1) is 8.90. The van der Waals surface area contributed by atoms with Crippen LogP contribution >= 0.6 is 0 Å². The van der Waals surface area contributed by atoms with Gasteiger partial charge in [0.25, 0.3) is 0 Å². The lowest BCUT2D eigenvalue weighted by atomic mass is 10.4. The van der Waals surface area contributed by atoms with Gasteiger partial charge in [0.1, 0.15) is 0 Å². The lowest BCUT2D eigenvalue weighted by Gasteiger charge is -2.02. The fourth-order valence-corrected chi connectivity index (χ4v) is 1.92. The van der Waals surface area contributed by atoms with E-state index in [9.17, 15) is 0 Å². The molecule has 0 unspecified atom stereocenters. The molecule has 0 bridgehead atoms. The monoisotopic (exact) mass is 246 g/mol. The van der Waals surface area contributed by atoms with Crippen LogP contribution in [0, 0.1) is 0 Å². The molecule has 1 saturated carbocycles. The number of imidazole rings is 1. The van der Waals surface area contributed by atoms with Gasteiger partial charge in [-0.2, -0.15) is 0 Å². The van der Waals surface area contributed by atoms with Gasteiger partial charge >= 0.3 is 0 Å². The first-order valence-electron chi connectivity index (χ1n) is 6.48. The summed E-state index contributed by atoms with van der Waals surface area (Å²) < 4.78 is 3.99. The van der Waals surface area contributed by atoms with E-state index in [0.717, 1.165) is 37.8 Å². The Morgan fingerprint density at radius 2 is 2.28 bits per heavy atom. The Balaban J connectivity index is 1.41. The van der Waals surface area contributed by atoms with Gasteiger partial charge in [0.15, 0.2) is 0 Å². The Labute approximate surface area is 106 Å². The molecule has 2 aromatic heterocycles. The molecule has 0 aliphatic heterocycles. The van der Waals surface area contributed by atoms with E-state index in [1.54, 1.807) is 6.20 Å². The topological polar surface area (TPSA) is 60.6 Å². The minimum atomic E-state index is 0.738. The molecule has 1 aliphatic rings. The quantitative estimate of drug-likeness (QED) is 0.785. The fourth-order valence-electron chi connectivity index (χ4n) is 1.92. The minimum absolute atomic E-state index is 0.738. The third-order valence-corrected chi connectivity index (χ3v) is 3.11. The van der Waals surface area contributed by atoms with E-state index in [-0.39, 0.29) is 0 Å². The Morgan fingerprint density at radius 3 is 3.06 bits per heavy atom. The van der Waals surface area contributed by atoms with Gasteiger partial charge in [-0.3, -0.25) is 4.68 Å². The van der Waals surface area contributed by atoms with E-state index < -0.39 is 0 Å². The van der Waals surface area contributed by atoms with Gasteiger partial charge in [-0.25, -0.2) is 4.98 Å². The van der Waals surface area contributed by atoms with Crippen molar-refractivity contribution in [2.24, 2.45) is 0 Å². The van der Waals surface area contributed by atoms with E-state index in [4.69, 9.17) is 0 Å². The third-order valence-electron chi connectivity index (χ3n) is 3.11. The van der Waals surface area contributed by atoms with Crippen LogP contribution in [0.15, 0.2) is 24.9 Å². The Morgan fingerprint density at radius 1 is 1.33 bits per heavy atom. The van der Waals surface area contributed by atoms with Gasteiger partial charge in [0.05, 0.1) is 18.2 Å². The van der Waals surface area contributed by atoms with E-state index in [2.05, 4.69) is 31.4 Å². The standard InChI is InChI=1S/C12H18N6/c1(6-18-7-4-15-16-18)5-17-9-12(14-10-17)8-13-11-2-3-11/h4,7,9-11,13H,1-3,5-6,8H2. The Bertz CT molecular complexity index is 470. The van der Waals surface area contributed by atoms with Crippen molar-refractivity contribution in [3.63, 3.8) is 0 Å². The SMILES string of the molecule is c1cn(CCCn2cnc(CNC3CC3)c2)nn1. The highest BCUT2D eigenvalue weighted by Crippen LogP contribution is 2.18. The molecule has 6 heteroatoms. The normalized spacial score (nSPS) is 15.1. The molecule has 1 N–H and O–H groups in total. The van der Waals surface area contributed by atoms with E-state index in [0.29, 0.717) is 0 Å². The third kappa shape index (κ3) is 3.16. The second kappa shape index (κ2) is 5.30. The van der Waals surface area contributed by atoms with Crippen molar-refractivity contribution in [1.82, 2.24) is 29.9 Å². The predicted molar refractivity (Wildman–Crippen MR) is 66.7 cm³/mol. The summed E-state index contributed by atoms with van der Waals surface area (Å²) >= 11 is 0. The average Bonchev–Trinajstić information content (AvgIpc) is 2.89. The summed E-state index contributed by atoms with van der Waals surface area (Å²) in [6, 6.07) is 0.738. The summed E-state index contributed by atoms with van der Waals surface area (Å²) in [6.45, 7) is 2.75. The van der Waals surface area contributed by atoms with Crippen LogP contribution in [-0.4, -0.2) is 30.6 Å². The highest BCUT2D eigenvalue weighted by molar-refractivity contribution is 4.97. The molecule has 96 valence electrons. The molecule has 0 saturated heterocycles. The molecule has 0 spiro atoms. The maximum Gasteiger partial charge on any atom is 0.0949 e. The lowest BCUT2D eigenvalue weighted by molar-refractivity contribution is 0.514. The smallest absolute Gasteiger partial charge is 0.0949 e. The summed E-state index contributed by atoms with van der Waals surface area (Å²) in [7, 11) is 0. The summed E-state index contributed by atoms with van der Waals surface area (Å²) in [5.74, 6) is 0. The first-order valence-corrected chi connectivity index (χ1v) is 6.48. The van der Waals surface area contributed by atoms with Gasteiger partial charge in [-0.1, -0.05) is 5.21 Å². The van der Waals surface area contributed by atoms with Crippen molar-refractivity contribution in [3.8, 4) is 0 Å². The molecule has 0 atom stereocenters. The molecule has 1 aliphatic carbocycles. The molecule has 0 aromatic carbocycles. The minimum Gasteiger partial charge on any atom is -0.337 e. The zero-order valence-corrected chi connectivity index (χ0v) is 10.4. The highest BCUT2D eigenvalue weighted by Gasteiger charge is 2.20. The second-order valence-corrected chi connectivity index (χ2v) is 4.78. The summed E-state index contributed by atoms with van der Waals surface area (Å²) in [5.41, 5.74) is 1.13. The number of aromatic nitrogens is 5. The summed E-state index contributed by atoms with van der Waals surface area (Å²) in [4.78, 5) is 4.40. The zero-order valence-electron chi connectivity index (χ0n) is 10.4. The van der Waals surface area contributed by atoms with Crippen LogP contribution in [0.4, 0.5) is 0 Å². The maximum absolute atomic E-state index is 4.40. The molecule has 2 aromatic rings. The van der Waals surface area contributed by atoms with Crippen LogP contribution in [0.5, 0.6) is 0 Å². The number of hydrogen-bond donors (Lipinski definition) is 1. The summed E-state index contributed by atoms with van der Waals surface area (Å²) in [6.07, 6.45) is 11.3. The highest BCUT2D eigenvalue weighted by atomic mass is 15.4. The van der Waals surface area contributed by atoms with Crippen LogP contribution in [-0.2, 0) is 19.6 Å². The van der Waals surface area contributed by atoms with Crippen molar-refractivity contribution in [2.45, 2.75) is 44.9 Å². The number of nitrogens with zero attached hydrogens (tertiary/aromatic N) is 5. The lowest BCUT2D eigenvalue weighted by Crippen LogP contribution is -2.15. The van der Waals surface area contributed by atoms with E-state index in [1.165, 1.54) is 12.8 Å². The molecule has 18 heavy (non-hydrogen) atoms.